The van der Waals surface area contributed by atoms with Crippen LogP contribution in [0.25, 0.3) is 0 Å². The van der Waals surface area contributed by atoms with Gasteiger partial charge in [-0.1, -0.05) is 49.1 Å². The maximum atomic E-state index is 14.1. The number of aliphatic hydroxyl groups is 1. The van der Waals surface area contributed by atoms with Gasteiger partial charge in [-0.05, 0) is 100 Å². The monoisotopic (exact) mass is 578 g/mol. The van der Waals surface area contributed by atoms with Gasteiger partial charge in [-0.25, -0.2) is 0 Å². The van der Waals surface area contributed by atoms with Gasteiger partial charge in [0.05, 0.1) is 11.5 Å². The molecular formula is C35H50N2O5. The molecule has 2 unspecified atom stereocenters. The maximum Gasteiger partial charge on any atom is 0.250 e. The summed E-state index contributed by atoms with van der Waals surface area (Å²) in [7, 11) is 1.50. The normalized spacial score (nSPS) is 26.1. The number of allylic oxidation sites excluding steroid dienone is 3. The Hall–Kier alpha value is -2.77. The topological polar surface area (TPSA) is 105 Å². The third-order valence-corrected chi connectivity index (χ3v) is 9.91. The second-order valence-corrected chi connectivity index (χ2v) is 12.7. The highest BCUT2D eigenvalue weighted by molar-refractivity contribution is 5.95. The van der Waals surface area contributed by atoms with E-state index in [0.717, 1.165) is 89.2 Å². The van der Waals surface area contributed by atoms with Crippen LogP contribution < -0.4 is 10.6 Å². The summed E-state index contributed by atoms with van der Waals surface area (Å²) < 4.78 is 4.87. The number of Topliss-reactive ketones (excluding diaryl/α,β-unsaturated/α-hetero) is 1. The molecule has 2 aliphatic carbocycles. The summed E-state index contributed by atoms with van der Waals surface area (Å²) in [5.41, 5.74) is 2.70. The zero-order valence-corrected chi connectivity index (χ0v) is 25.4. The third kappa shape index (κ3) is 8.19. The Morgan fingerprint density at radius 1 is 1.17 bits per heavy atom. The molecule has 1 aliphatic heterocycles. The summed E-state index contributed by atoms with van der Waals surface area (Å²) in [6, 6.07) is 7.12. The molecule has 0 bridgehead atoms. The number of ether oxygens (including phenoxy) is 1. The Labute approximate surface area is 251 Å². The Morgan fingerprint density at radius 2 is 1.93 bits per heavy atom. The van der Waals surface area contributed by atoms with E-state index in [1.807, 2.05) is 30.3 Å². The molecule has 2 fully saturated rings. The molecule has 4 rings (SSSR count). The van der Waals surface area contributed by atoms with E-state index in [9.17, 15) is 19.5 Å². The lowest BCUT2D eigenvalue weighted by Gasteiger charge is -2.37. The Bertz CT molecular complexity index is 1110. The molecule has 230 valence electrons. The van der Waals surface area contributed by atoms with Crippen LogP contribution in [0.15, 0.2) is 48.6 Å². The van der Waals surface area contributed by atoms with Gasteiger partial charge in [0.2, 0.25) is 11.8 Å². The molecule has 4 atom stereocenters. The van der Waals surface area contributed by atoms with Crippen LogP contribution in [0, 0.1) is 17.3 Å². The van der Waals surface area contributed by atoms with E-state index in [2.05, 4.69) is 23.3 Å². The SMILES string of the molecule is C=CCCCC1CC(=O)[C@@H]([C@H](O)C2CCCCC2)NC(=O)C12CCC=C(CCc1ccc(NC(=O)COC)cc1)CC2. The van der Waals surface area contributed by atoms with Gasteiger partial charge in [0.1, 0.15) is 12.6 Å². The number of aliphatic hydroxyl groups excluding tert-OH is 1. The summed E-state index contributed by atoms with van der Waals surface area (Å²) in [5.74, 6) is -0.148. The Morgan fingerprint density at radius 3 is 2.64 bits per heavy atom. The zero-order valence-electron chi connectivity index (χ0n) is 25.4. The molecule has 3 aliphatic rings. The molecule has 1 heterocycles. The number of amides is 2. The summed E-state index contributed by atoms with van der Waals surface area (Å²) in [6.07, 6.45) is 16.5. The minimum atomic E-state index is -0.801. The fraction of sp³-hybridized carbons (Fsp3) is 0.629. The van der Waals surface area contributed by atoms with Crippen molar-refractivity contribution in [1.29, 1.82) is 0 Å². The average Bonchev–Trinajstić information content (AvgIpc) is 3.27. The average molecular weight is 579 g/mol. The van der Waals surface area contributed by atoms with Gasteiger partial charge in [-0.3, -0.25) is 14.4 Å². The van der Waals surface area contributed by atoms with Crippen LogP contribution in [-0.4, -0.2) is 48.6 Å². The summed E-state index contributed by atoms with van der Waals surface area (Å²) >= 11 is 0. The van der Waals surface area contributed by atoms with E-state index >= 15 is 0 Å². The summed E-state index contributed by atoms with van der Waals surface area (Å²) in [5, 5.41) is 17.2. The molecule has 7 heteroatoms. The van der Waals surface area contributed by atoms with Gasteiger partial charge in [-0.15, -0.1) is 6.58 Å². The fourth-order valence-corrected chi connectivity index (χ4v) is 7.42. The maximum absolute atomic E-state index is 14.1. The first kappa shape index (κ1) is 32.2. The molecule has 2 amide bonds. The predicted octanol–water partition coefficient (Wildman–Crippen LogP) is 6.06. The van der Waals surface area contributed by atoms with Crippen molar-refractivity contribution in [3.63, 3.8) is 0 Å². The molecule has 1 spiro atoms. The molecule has 3 N–H and O–H groups in total. The van der Waals surface area contributed by atoms with Crippen LogP contribution >= 0.6 is 0 Å². The fourth-order valence-electron chi connectivity index (χ4n) is 7.42. The smallest absolute Gasteiger partial charge is 0.250 e. The number of methoxy groups -OCH3 is 1. The summed E-state index contributed by atoms with van der Waals surface area (Å²) in [4.78, 5) is 39.5. The second-order valence-electron chi connectivity index (χ2n) is 12.7. The van der Waals surface area contributed by atoms with Crippen molar-refractivity contribution >= 4 is 23.3 Å². The molecular weight excluding hydrogens is 528 g/mol. The third-order valence-electron chi connectivity index (χ3n) is 9.91. The number of unbranched alkanes of at least 4 members (excludes halogenated alkanes) is 1. The highest BCUT2D eigenvalue weighted by Gasteiger charge is 2.51. The number of benzene rings is 1. The van der Waals surface area contributed by atoms with Gasteiger partial charge in [0, 0.05) is 19.2 Å². The van der Waals surface area contributed by atoms with Gasteiger partial charge in [0.15, 0.2) is 5.78 Å². The van der Waals surface area contributed by atoms with Gasteiger partial charge >= 0.3 is 0 Å². The number of ketones is 1. The molecule has 1 aromatic rings. The predicted molar refractivity (Wildman–Crippen MR) is 166 cm³/mol. The molecule has 7 nitrogen and oxygen atoms in total. The minimum Gasteiger partial charge on any atom is -0.390 e. The Kier molecular flexibility index (Phi) is 12.0. The van der Waals surface area contributed by atoms with Crippen LogP contribution in [-0.2, 0) is 25.5 Å². The summed E-state index contributed by atoms with van der Waals surface area (Å²) in [6.45, 7) is 3.89. The number of rotatable bonds is 12. The van der Waals surface area contributed by atoms with E-state index in [-0.39, 0.29) is 36.0 Å². The van der Waals surface area contributed by atoms with Crippen LogP contribution in [0.4, 0.5) is 5.69 Å². The molecule has 1 saturated carbocycles. The second kappa shape index (κ2) is 15.6. The van der Waals surface area contributed by atoms with E-state index < -0.39 is 17.6 Å². The number of aryl methyl sites for hydroxylation is 1. The standard InChI is InChI=1S/C35H50N2O5/c1-3-4-6-13-28-23-30(38)32(33(40)27-11-7-5-8-12-27)37-34(41)35(28)21-9-10-25(20-22-35)14-15-26-16-18-29(19-17-26)36-31(39)24-42-2/h3,10,16-19,27-28,32-33,40H,1,4-9,11-15,20-24H2,2H3,(H,36,39)(H,37,41)/t28?,32-,33+,35?/m0/s1. The number of anilines is 1. The van der Waals surface area contributed by atoms with Crippen molar-refractivity contribution in [2.75, 3.05) is 19.0 Å². The largest absolute Gasteiger partial charge is 0.390 e. The van der Waals surface area contributed by atoms with E-state index in [0.29, 0.717) is 6.42 Å². The van der Waals surface area contributed by atoms with Crippen molar-refractivity contribution in [3.05, 3.63) is 54.1 Å². The van der Waals surface area contributed by atoms with Crippen LogP contribution in [0.1, 0.15) is 95.5 Å². The van der Waals surface area contributed by atoms with Crippen molar-refractivity contribution in [1.82, 2.24) is 5.32 Å². The van der Waals surface area contributed by atoms with Crippen molar-refractivity contribution in [3.8, 4) is 0 Å². The quantitative estimate of drug-likeness (QED) is 0.207. The molecule has 1 aromatic carbocycles. The zero-order chi connectivity index (χ0) is 30.0. The van der Waals surface area contributed by atoms with E-state index in [4.69, 9.17) is 4.74 Å². The molecule has 0 aromatic heterocycles. The lowest BCUT2D eigenvalue weighted by molar-refractivity contribution is -0.137. The van der Waals surface area contributed by atoms with Crippen molar-refractivity contribution in [2.45, 2.75) is 108 Å². The number of hydrogen-bond acceptors (Lipinski definition) is 5. The highest BCUT2D eigenvalue weighted by Crippen LogP contribution is 2.47. The van der Waals surface area contributed by atoms with Gasteiger partial charge in [0.25, 0.3) is 0 Å². The highest BCUT2D eigenvalue weighted by atomic mass is 16.5. The van der Waals surface area contributed by atoms with Crippen LogP contribution in [0.5, 0.6) is 0 Å². The first-order chi connectivity index (χ1) is 20.4. The number of nitrogens with one attached hydrogen (secondary N) is 2. The van der Waals surface area contributed by atoms with Crippen LogP contribution in [0.3, 0.4) is 0 Å². The van der Waals surface area contributed by atoms with E-state index in [1.54, 1.807) is 0 Å². The lowest BCUT2D eigenvalue weighted by Crippen LogP contribution is -2.53. The molecule has 42 heavy (non-hydrogen) atoms. The minimum absolute atomic E-state index is 0.00110. The number of carbonyl (C=O) groups excluding carboxylic acids is 3. The van der Waals surface area contributed by atoms with Crippen LogP contribution in [0.2, 0.25) is 0 Å². The lowest BCUT2D eigenvalue weighted by atomic mass is 9.66. The van der Waals surface area contributed by atoms with Crippen molar-refractivity contribution in [2.24, 2.45) is 17.3 Å². The number of hydrogen-bond donors (Lipinski definition) is 3. The van der Waals surface area contributed by atoms with E-state index in [1.165, 1.54) is 24.7 Å². The molecule has 1 saturated heterocycles. The first-order valence-electron chi connectivity index (χ1n) is 16.0. The van der Waals surface area contributed by atoms with Gasteiger partial charge in [-0.2, -0.15) is 0 Å². The number of carbonyl (C=O) groups is 3. The first-order valence-corrected chi connectivity index (χ1v) is 16.0. The van der Waals surface area contributed by atoms with Crippen molar-refractivity contribution < 1.29 is 24.2 Å². The van der Waals surface area contributed by atoms with Gasteiger partial charge < -0.3 is 20.5 Å². The molecule has 0 radical (unpaired) electrons. The Balaban J connectivity index is 1.42.